The predicted octanol–water partition coefficient (Wildman–Crippen LogP) is 2.34. The van der Waals surface area contributed by atoms with E-state index in [2.05, 4.69) is 25.9 Å². The molecule has 1 aliphatic heterocycles. The zero-order valence-electron chi connectivity index (χ0n) is 11.7. The van der Waals surface area contributed by atoms with Gasteiger partial charge in [0, 0.05) is 43.0 Å². The summed E-state index contributed by atoms with van der Waals surface area (Å²) in [6, 6.07) is 6.16. The van der Waals surface area contributed by atoms with E-state index in [1.54, 1.807) is 29.4 Å². The number of carbonyl (C=O) groups is 1. The Morgan fingerprint density at radius 2 is 1.82 bits per heavy atom. The maximum Gasteiger partial charge on any atom is 0.256 e. The average Bonchev–Trinajstić information content (AvgIpc) is 2.57. The summed E-state index contributed by atoms with van der Waals surface area (Å²) >= 11 is 3.27. The van der Waals surface area contributed by atoms with Crippen molar-refractivity contribution in [3.63, 3.8) is 0 Å². The normalized spacial score (nSPS) is 15.0. The highest BCUT2D eigenvalue weighted by Crippen LogP contribution is 2.19. The van der Waals surface area contributed by atoms with E-state index < -0.39 is 5.82 Å². The highest BCUT2D eigenvalue weighted by molar-refractivity contribution is 9.10. The lowest BCUT2D eigenvalue weighted by molar-refractivity contribution is 0.0741. The first-order chi connectivity index (χ1) is 10.6. The number of anilines is 1. The van der Waals surface area contributed by atoms with Crippen LogP contribution in [0.25, 0.3) is 0 Å². The molecule has 7 heteroatoms. The van der Waals surface area contributed by atoms with Crippen LogP contribution in [0.3, 0.4) is 0 Å². The summed E-state index contributed by atoms with van der Waals surface area (Å²) in [4.78, 5) is 24.5. The smallest absolute Gasteiger partial charge is 0.256 e. The topological polar surface area (TPSA) is 49.3 Å². The van der Waals surface area contributed by atoms with E-state index in [4.69, 9.17) is 0 Å². The summed E-state index contributed by atoms with van der Waals surface area (Å²) in [5.74, 6) is -0.127. The van der Waals surface area contributed by atoms with E-state index in [9.17, 15) is 9.18 Å². The molecule has 2 aromatic rings. The van der Waals surface area contributed by atoms with Gasteiger partial charge in [0.05, 0.1) is 5.56 Å². The Morgan fingerprint density at radius 3 is 2.50 bits per heavy atom. The largest absolute Gasteiger partial charge is 0.337 e. The Hall–Kier alpha value is -2.02. The van der Waals surface area contributed by atoms with Crippen LogP contribution in [0.5, 0.6) is 0 Å². The number of hydrogen-bond donors (Lipinski definition) is 0. The third kappa shape index (κ3) is 3.09. The molecule has 1 amide bonds. The molecule has 1 fully saturated rings. The summed E-state index contributed by atoms with van der Waals surface area (Å²) in [5, 5.41) is 0. The number of benzene rings is 1. The van der Waals surface area contributed by atoms with Gasteiger partial charge in [-0.05, 0) is 24.3 Å². The number of carbonyl (C=O) groups excluding carboxylic acids is 1. The standard InChI is InChI=1S/C15H14BrFN4O/c16-11-2-3-13(17)12(10-11)14(22)20-6-8-21(9-7-20)15-18-4-1-5-19-15/h1-5,10H,6-9H2. The zero-order valence-corrected chi connectivity index (χ0v) is 13.3. The van der Waals surface area contributed by atoms with Crippen molar-refractivity contribution < 1.29 is 9.18 Å². The van der Waals surface area contributed by atoms with Crippen LogP contribution in [0.4, 0.5) is 10.3 Å². The number of amides is 1. The molecule has 0 saturated carbocycles. The first-order valence-corrected chi connectivity index (χ1v) is 7.71. The fourth-order valence-electron chi connectivity index (χ4n) is 2.40. The molecule has 2 heterocycles. The maximum absolute atomic E-state index is 13.8. The molecule has 1 aromatic heterocycles. The molecule has 1 saturated heterocycles. The summed E-state index contributed by atoms with van der Waals surface area (Å²) in [6.45, 7) is 2.29. The monoisotopic (exact) mass is 364 g/mol. The molecule has 0 radical (unpaired) electrons. The lowest BCUT2D eigenvalue weighted by atomic mass is 10.1. The van der Waals surface area contributed by atoms with Crippen molar-refractivity contribution in [1.29, 1.82) is 0 Å². The van der Waals surface area contributed by atoms with E-state index in [-0.39, 0.29) is 11.5 Å². The minimum absolute atomic E-state index is 0.0961. The van der Waals surface area contributed by atoms with Gasteiger partial charge in [-0.25, -0.2) is 14.4 Å². The van der Waals surface area contributed by atoms with Gasteiger partial charge >= 0.3 is 0 Å². The Labute approximate surface area is 135 Å². The van der Waals surface area contributed by atoms with Crippen LogP contribution >= 0.6 is 15.9 Å². The van der Waals surface area contributed by atoms with Gasteiger partial charge < -0.3 is 9.80 Å². The van der Waals surface area contributed by atoms with Gasteiger partial charge in [-0.15, -0.1) is 0 Å². The molecule has 1 aromatic carbocycles. The summed E-state index contributed by atoms with van der Waals surface area (Å²) in [6.07, 6.45) is 3.38. The van der Waals surface area contributed by atoms with Crippen molar-refractivity contribution in [2.75, 3.05) is 31.1 Å². The highest BCUT2D eigenvalue weighted by atomic mass is 79.9. The molecule has 0 aliphatic carbocycles. The molecular weight excluding hydrogens is 351 g/mol. The molecule has 1 aliphatic rings. The Morgan fingerprint density at radius 1 is 1.14 bits per heavy atom. The van der Waals surface area contributed by atoms with Crippen molar-refractivity contribution in [2.24, 2.45) is 0 Å². The van der Waals surface area contributed by atoms with Gasteiger partial charge in [0.15, 0.2) is 0 Å². The third-order valence-corrected chi connectivity index (χ3v) is 4.05. The van der Waals surface area contributed by atoms with Gasteiger partial charge in [0.25, 0.3) is 5.91 Å². The van der Waals surface area contributed by atoms with Crippen LogP contribution in [0.15, 0.2) is 41.1 Å². The van der Waals surface area contributed by atoms with Gasteiger partial charge in [0.1, 0.15) is 5.82 Å². The zero-order chi connectivity index (χ0) is 15.5. The fraction of sp³-hybridized carbons (Fsp3) is 0.267. The molecule has 0 spiro atoms. The highest BCUT2D eigenvalue weighted by Gasteiger charge is 2.25. The molecule has 114 valence electrons. The van der Waals surface area contributed by atoms with E-state index in [0.717, 1.165) is 0 Å². The third-order valence-electron chi connectivity index (χ3n) is 3.56. The van der Waals surface area contributed by atoms with Crippen molar-refractivity contribution in [3.8, 4) is 0 Å². The molecule has 0 atom stereocenters. The molecular formula is C15H14BrFN4O. The van der Waals surface area contributed by atoms with E-state index >= 15 is 0 Å². The number of aromatic nitrogens is 2. The first kappa shape index (κ1) is 14.9. The second kappa shape index (κ2) is 6.39. The van der Waals surface area contributed by atoms with Crippen LogP contribution < -0.4 is 4.90 Å². The number of rotatable bonds is 2. The number of halogens is 2. The number of piperazine rings is 1. The second-order valence-electron chi connectivity index (χ2n) is 4.95. The fourth-order valence-corrected chi connectivity index (χ4v) is 2.76. The lowest BCUT2D eigenvalue weighted by Crippen LogP contribution is -2.49. The summed E-state index contributed by atoms with van der Waals surface area (Å²) < 4.78 is 14.5. The van der Waals surface area contributed by atoms with Gasteiger partial charge in [0.2, 0.25) is 5.95 Å². The Balaban J connectivity index is 1.68. The minimum atomic E-state index is -0.498. The molecule has 3 rings (SSSR count). The van der Waals surface area contributed by atoms with Gasteiger partial charge in [-0.1, -0.05) is 15.9 Å². The Bertz CT molecular complexity index is 674. The molecule has 22 heavy (non-hydrogen) atoms. The molecule has 5 nitrogen and oxygen atoms in total. The van der Waals surface area contributed by atoms with Crippen molar-refractivity contribution in [1.82, 2.24) is 14.9 Å². The van der Waals surface area contributed by atoms with Crippen molar-refractivity contribution in [3.05, 3.63) is 52.5 Å². The van der Waals surface area contributed by atoms with Crippen LogP contribution in [-0.4, -0.2) is 47.0 Å². The molecule has 0 unspecified atom stereocenters. The van der Waals surface area contributed by atoms with Crippen LogP contribution in [0.2, 0.25) is 0 Å². The quantitative estimate of drug-likeness (QED) is 0.820. The lowest BCUT2D eigenvalue weighted by Gasteiger charge is -2.34. The van der Waals surface area contributed by atoms with E-state index in [1.165, 1.54) is 12.1 Å². The maximum atomic E-state index is 13.8. The van der Waals surface area contributed by atoms with E-state index in [0.29, 0.717) is 36.6 Å². The van der Waals surface area contributed by atoms with Crippen molar-refractivity contribution >= 4 is 27.8 Å². The second-order valence-corrected chi connectivity index (χ2v) is 5.87. The molecule has 0 bridgehead atoms. The van der Waals surface area contributed by atoms with Gasteiger partial charge in [-0.2, -0.15) is 0 Å². The van der Waals surface area contributed by atoms with Crippen molar-refractivity contribution in [2.45, 2.75) is 0 Å². The molecule has 0 N–H and O–H groups in total. The minimum Gasteiger partial charge on any atom is -0.337 e. The average molecular weight is 365 g/mol. The predicted molar refractivity (Wildman–Crippen MR) is 84.2 cm³/mol. The van der Waals surface area contributed by atoms with Gasteiger partial charge in [-0.3, -0.25) is 4.79 Å². The SMILES string of the molecule is O=C(c1cc(Br)ccc1F)N1CCN(c2ncccn2)CC1. The Kier molecular flexibility index (Phi) is 4.33. The summed E-state index contributed by atoms with van der Waals surface area (Å²) in [7, 11) is 0. The van der Waals surface area contributed by atoms with Crippen LogP contribution in [0, 0.1) is 5.82 Å². The number of nitrogens with zero attached hydrogens (tertiary/aromatic N) is 4. The summed E-state index contributed by atoms with van der Waals surface area (Å²) in [5.41, 5.74) is 0.0961. The first-order valence-electron chi connectivity index (χ1n) is 6.91. The van der Waals surface area contributed by atoms with Crippen LogP contribution in [0.1, 0.15) is 10.4 Å². The van der Waals surface area contributed by atoms with Crippen LogP contribution in [-0.2, 0) is 0 Å². The number of hydrogen-bond acceptors (Lipinski definition) is 4. The van der Waals surface area contributed by atoms with E-state index in [1.807, 2.05) is 4.90 Å².